The predicted molar refractivity (Wildman–Crippen MR) is 81.4 cm³/mol. The molecule has 0 saturated heterocycles. The van der Waals surface area contributed by atoms with Crippen LogP contribution in [0, 0.1) is 0 Å². The second kappa shape index (κ2) is 9.44. The molecule has 2 unspecified atom stereocenters. The fourth-order valence-electron chi connectivity index (χ4n) is 1.60. The van der Waals surface area contributed by atoms with Crippen LogP contribution >= 0.6 is 11.8 Å². The minimum absolute atomic E-state index is 0.00245. The molecule has 8 nitrogen and oxygen atoms in total. The summed E-state index contributed by atoms with van der Waals surface area (Å²) in [6, 6.07) is -1.54. The number of nitrogens with two attached hydrogens (primary N) is 1. The molecule has 0 spiro atoms. The zero-order chi connectivity index (χ0) is 16.5. The molecule has 1 rings (SSSR count). The van der Waals surface area contributed by atoms with Gasteiger partial charge in [0.05, 0.1) is 13.2 Å². The summed E-state index contributed by atoms with van der Waals surface area (Å²) < 4.78 is 9.97. The number of oxazole rings is 1. The van der Waals surface area contributed by atoms with Crippen LogP contribution in [0.2, 0.25) is 0 Å². The van der Waals surface area contributed by atoms with Crippen molar-refractivity contribution in [2.45, 2.75) is 25.4 Å². The lowest BCUT2D eigenvalue weighted by atomic mass is 10.2. The number of carbonyl (C=O) groups is 2. The molecule has 0 bridgehead atoms. The van der Waals surface area contributed by atoms with Crippen molar-refractivity contribution < 1.29 is 23.8 Å². The SMILES string of the molecule is CCOC(=O)C(CCSC)NC(=O)c1coc(C(N)CO)n1. The summed E-state index contributed by atoms with van der Waals surface area (Å²) in [5, 5.41) is 11.5. The monoisotopic (exact) mass is 331 g/mol. The molecule has 0 aliphatic carbocycles. The molecule has 0 aliphatic heterocycles. The number of hydrogen-bond acceptors (Lipinski definition) is 8. The van der Waals surface area contributed by atoms with Gasteiger partial charge in [0.25, 0.3) is 5.91 Å². The second-order valence-electron chi connectivity index (χ2n) is 4.42. The fraction of sp³-hybridized carbons (Fsp3) is 0.615. The molecule has 1 heterocycles. The van der Waals surface area contributed by atoms with Crippen molar-refractivity contribution in [3.8, 4) is 0 Å². The molecule has 22 heavy (non-hydrogen) atoms. The van der Waals surface area contributed by atoms with E-state index in [1.54, 1.807) is 18.7 Å². The van der Waals surface area contributed by atoms with Crippen LogP contribution in [0.5, 0.6) is 0 Å². The van der Waals surface area contributed by atoms with E-state index in [4.69, 9.17) is 20.0 Å². The van der Waals surface area contributed by atoms with E-state index >= 15 is 0 Å². The Morgan fingerprint density at radius 1 is 1.59 bits per heavy atom. The first-order chi connectivity index (χ1) is 10.5. The number of rotatable bonds is 9. The Kier molecular flexibility index (Phi) is 7.92. The number of hydrogen-bond donors (Lipinski definition) is 3. The quantitative estimate of drug-likeness (QED) is 0.543. The number of nitrogens with one attached hydrogen (secondary N) is 1. The number of thioether (sulfide) groups is 1. The number of aliphatic hydroxyl groups is 1. The lowest BCUT2D eigenvalue weighted by molar-refractivity contribution is -0.145. The van der Waals surface area contributed by atoms with E-state index in [-0.39, 0.29) is 24.8 Å². The van der Waals surface area contributed by atoms with Gasteiger partial charge in [-0.05, 0) is 25.4 Å². The van der Waals surface area contributed by atoms with E-state index in [0.29, 0.717) is 12.2 Å². The molecule has 4 N–H and O–H groups in total. The number of esters is 1. The van der Waals surface area contributed by atoms with Gasteiger partial charge in [-0.2, -0.15) is 11.8 Å². The van der Waals surface area contributed by atoms with Crippen LogP contribution < -0.4 is 11.1 Å². The third kappa shape index (κ3) is 5.32. The predicted octanol–water partition coefficient (Wildman–Crippen LogP) is 0.0813. The first kappa shape index (κ1) is 18.5. The highest BCUT2D eigenvalue weighted by molar-refractivity contribution is 7.98. The van der Waals surface area contributed by atoms with E-state index in [0.717, 1.165) is 6.26 Å². The van der Waals surface area contributed by atoms with Crippen LogP contribution in [0.25, 0.3) is 0 Å². The molecule has 1 aromatic rings. The van der Waals surface area contributed by atoms with Gasteiger partial charge in [0.15, 0.2) is 5.69 Å². The van der Waals surface area contributed by atoms with Crippen molar-refractivity contribution in [2.24, 2.45) is 5.73 Å². The standard InChI is InChI=1S/C13H21N3O5S/c1-3-20-13(19)9(4-5-22-2)15-11(18)10-7-21-12(16-10)8(14)6-17/h7-9,17H,3-6,14H2,1-2H3,(H,15,18). The van der Waals surface area contributed by atoms with E-state index in [9.17, 15) is 9.59 Å². The van der Waals surface area contributed by atoms with Gasteiger partial charge in [-0.25, -0.2) is 9.78 Å². The maximum Gasteiger partial charge on any atom is 0.328 e. The van der Waals surface area contributed by atoms with Gasteiger partial charge in [0.2, 0.25) is 5.89 Å². The Bertz CT molecular complexity index is 494. The Morgan fingerprint density at radius 3 is 2.91 bits per heavy atom. The average Bonchev–Trinajstić information content (AvgIpc) is 3.00. The van der Waals surface area contributed by atoms with E-state index in [1.807, 2.05) is 6.26 Å². The number of carbonyl (C=O) groups excluding carboxylic acids is 2. The molecule has 2 atom stereocenters. The summed E-state index contributed by atoms with van der Waals surface area (Å²) >= 11 is 1.56. The first-order valence-corrected chi connectivity index (χ1v) is 8.21. The Morgan fingerprint density at radius 2 is 2.32 bits per heavy atom. The Balaban J connectivity index is 2.72. The van der Waals surface area contributed by atoms with Gasteiger partial charge < -0.3 is 25.3 Å². The number of aliphatic hydroxyl groups excluding tert-OH is 1. The maximum atomic E-state index is 12.1. The van der Waals surface area contributed by atoms with Crippen molar-refractivity contribution in [3.63, 3.8) is 0 Å². The number of aromatic nitrogens is 1. The molecule has 0 aromatic carbocycles. The van der Waals surface area contributed by atoms with Crippen molar-refractivity contribution in [2.75, 3.05) is 25.2 Å². The minimum Gasteiger partial charge on any atom is -0.464 e. The molecule has 0 radical (unpaired) electrons. The Hall–Kier alpha value is -1.58. The van der Waals surface area contributed by atoms with Gasteiger partial charge in [0, 0.05) is 0 Å². The second-order valence-corrected chi connectivity index (χ2v) is 5.41. The highest BCUT2D eigenvalue weighted by Crippen LogP contribution is 2.10. The van der Waals surface area contributed by atoms with Crippen LogP contribution in [-0.4, -0.2) is 53.2 Å². The summed E-state index contributed by atoms with van der Waals surface area (Å²) in [5.41, 5.74) is 5.55. The van der Waals surface area contributed by atoms with Crippen molar-refractivity contribution in [3.05, 3.63) is 17.8 Å². The fourth-order valence-corrected chi connectivity index (χ4v) is 2.07. The molecular weight excluding hydrogens is 310 g/mol. The van der Waals surface area contributed by atoms with Gasteiger partial charge in [0.1, 0.15) is 18.3 Å². The molecular formula is C13H21N3O5S. The lowest BCUT2D eigenvalue weighted by Gasteiger charge is -2.15. The molecule has 0 saturated carbocycles. The number of amides is 1. The summed E-state index contributed by atoms with van der Waals surface area (Å²) in [6.45, 7) is 1.59. The summed E-state index contributed by atoms with van der Waals surface area (Å²) in [6.07, 6.45) is 3.49. The van der Waals surface area contributed by atoms with Crippen LogP contribution in [0.1, 0.15) is 35.8 Å². The number of nitrogens with zero attached hydrogens (tertiary/aromatic N) is 1. The lowest BCUT2D eigenvalue weighted by Crippen LogP contribution is -2.42. The van der Waals surface area contributed by atoms with Crippen molar-refractivity contribution in [1.82, 2.24) is 10.3 Å². The van der Waals surface area contributed by atoms with Gasteiger partial charge in [-0.3, -0.25) is 4.79 Å². The maximum absolute atomic E-state index is 12.1. The van der Waals surface area contributed by atoms with E-state index < -0.39 is 24.0 Å². The van der Waals surface area contributed by atoms with E-state index in [1.165, 1.54) is 0 Å². The van der Waals surface area contributed by atoms with Gasteiger partial charge in [-0.15, -0.1) is 0 Å². The zero-order valence-corrected chi connectivity index (χ0v) is 13.4. The largest absolute Gasteiger partial charge is 0.464 e. The summed E-state index contributed by atoms with van der Waals surface area (Å²) in [7, 11) is 0. The molecule has 1 amide bonds. The highest BCUT2D eigenvalue weighted by atomic mass is 32.2. The van der Waals surface area contributed by atoms with Gasteiger partial charge in [-0.1, -0.05) is 0 Å². The summed E-state index contributed by atoms with van der Waals surface area (Å²) in [5.74, 6) is -0.284. The van der Waals surface area contributed by atoms with E-state index in [2.05, 4.69) is 10.3 Å². The zero-order valence-electron chi connectivity index (χ0n) is 12.6. The third-order valence-electron chi connectivity index (χ3n) is 2.76. The molecule has 9 heteroatoms. The topological polar surface area (TPSA) is 128 Å². The first-order valence-electron chi connectivity index (χ1n) is 6.81. The van der Waals surface area contributed by atoms with Crippen LogP contribution in [0.4, 0.5) is 0 Å². The van der Waals surface area contributed by atoms with Crippen LogP contribution in [0.15, 0.2) is 10.7 Å². The molecule has 124 valence electrons. The van der Waals surface area contributed by atoms with Crippen LogP contribution in [0.3, 0.4) is 0 Å². The normalized spacial score (nSPS) is 13.5. The van der Waals surface area contributed by atoms with Crippen molar-refractivity contribution in [1.29, 1.82) is 0 Å². The Labute approximate surface area is 132 Å². The van der Waals surface area contributed by atoms with Crippen molar-refractivity contribution >= 4 is 23.6 Å². The average molecular weight is 331 g/mol. The number of ether oxygens (including phenoxy) is 1. The minimum atomic E-state index is -0.793. The summed E-state index contributed by atoms with van der Waals surface area (Å²) in [4.78, 5) is 27.8. The van der Waals surface area contributed by atoms with Gasteiger partial charge >= 0.3 is 5.97 Å². The molecule has 1 aromatic heterocycles. The molecule has 0 aliphatic rings. The smallest absolute Gasteiger partial charge is 0.328 e. The molecule has 0 fully saturated rings. The highest BCUT2D eigenvalue weighted by Gasteiger charge is 2.24. The third-order valence-corrected chi connectivity index (χ3v) is 3.40. The van der Waals surface area contributed by atoms with Crippen LogP contribution in [-0.2, 0) is 9.53 Å².